The van der Waals surface area contributed by atoms with Crippen molar-refractivity contribution in [3.05, 3.63) is 48.5 Å². The van der Waals surface area contributed by atoms with Gasteiger partial charge in [-0.1, -0.05) is 0 Å². The van der Waals surface area contributed by atoms with Gasteiger partial charge in [0.25, 0.3) is 0 Å². The number of benzene rings is 2. The lowest BCUT2D eigenvalue weighted by molar-refractivity contribution is -0.116. The lowest BCUT2D eigenvalue weighted by atomic mass is 10.3. The maximum Gasteiger partial charge on any atom is 0.238 e. The van der Waals surface area contributed by atoms with Crippen LogP contribution < -0.4 is 21.3 Å². The molecule has 14 nitrogen and oxygen atoms in total. The fourth-order valence-electron chi connectivity index (χ4n) is 4.15. The summed E-state index contributed by atoms with van der Waals surface area (Å²) in [6.45, 7) is 12.1. The third-order valence-electron chi connectivity index (χ3n) is 6.65. The number of rotatable bonds is 30. The topological polar surface area (TPSA) is 172 Å². The van der Waals surface area contributed by atoms with Crippen LogP contribution in [0.5, 0.6) is 0 Å². The van der Waals surface area contributed by atoms with Crippen LogP contribution in [0.2, 0.25) is 0 Å². The Labute approximate surface area is 290 Å². The maximum atomic E-state index is 13.1. The molecule has 0 saturated carbocycles. The molecule has 0 heterocycles. The molecule has 0 saturated heterocycles. The number of amides is 2. The molecule has 2 amide bonds. The van der Waals surface area contributed by atoms with Crippen LogP contribution in [0.4, 0.5) is 11.4 Å². The number of hydrogen-bond acceptors (Lipinski definition) is 12. The molecular formula is C34H54N4O10S. The predicted octanol–water partition coefficient (Wildman–Crippen LogP) is 2.50. The zero-order valence-electron chi connectivity index (χ0n) is 28.8. The van der Waals surface area contributed by atoms with Gasteiger partial charge in [-0.3, -0.25) is 9.59 Å². The quantitative estimate of drug-likeness (QED) is 0.0875. The first kappa shape index (κ1) is 42.2. The van der Waals surface area contributed by atoms with Gasteiger partial charge < -0.3 is 49.7 Å². The molecule has 0 atom stereocenters. The van der Waals surface area contributed by atoms with Crippen molar-refractivity contribution in [3.63, 3.8) is 0 Å². The summed E-state index contributed by atoms with van der Waals surface area (Å²) in [5.74, 6) is -0.487. The summed E-state index contributed by atoms with van der Waals surface area (Å²) in [7, 11) is -3.80. The van der Waals surface area contributed by atoms with E-state index >= 15 is 0 Å². The predicted molar refractivity (Wildman–Crippen MR) is 187 cm³/mol. The van der Waals surface area contributed by atoms with Gasteiger partial charge in [0, 0.05) is 37.8 Å². The normalized spacial score (nSPS) is 11.5. The molecule has 2 aromatic rings. The van der Waals surface area contributed by atoms with Gasteiger partial charge in [-0.2, -0.15) is 0 Å². The van der Waals surface area contributed by atoms with Crippen LogP contribution in [-0.2, 0) is 47.8 Å². The smallest absolute Gasteiger partial charge is 0.238 e. The lowest BCUT2D eigenvalue weighted by Gasteiger charge is -2.10. The van der Waals surface area contributed by atoms with Crippen LogP contribution in [-0.4, -0.2) is 126 Å². The Morgan fingerprint density at radius 1 is 0.510 bits per heavy atom. The standard InChI is InChI=1S/C34H54N4O10S/c1-3-43-19-21-47-25-23-45-17-5-15-35-27-33(39)37-29-7-11-31(12-8-29)49(41,42)32-13-9-30(10-14-32)38-34(40)28-36-16-6-18-46-24-26-48-22-20-44-4-2/h7-14,35-36H,3-6,15-28H2,1-2H3,(H,37,39)(H,38,40). The lowest BCUT2D eigenvalue weighted by Crippen LogP contribution is -2.29. The molecule has 0 fully saturated rings. The summed E-state index contributed by atoms with van der Waals surface area (Å²) in [5, 5.41) is 11.6. The Morgan fingerprint density at radius 3 is 1.18 bits per heavy atom. The minimum atomic E-state index is -3.80. The van der Waals surface area contributed by atoms with Crippen LogP contribution in [0, 0.1) is 0 Å². The highest BCUT2D eigenvalue weighted by Gasteiger charge is 2.18. The number of sulfone groups is 1. The second kappa shape index (κ2) is 26.8. The molecule has 0 unspecified atom stereocenters. The average molecular weight is 711 g/mol. The molecule has 276 valence electrons. The highest BCUT2D eigenvalue weighted by Crippen LogP contribution is 2.23. The SMILES string of the molecule is CCOCCOCCOCCCNCC(=O)Nc1ccc(S(=O)(=O)c2ccc(NC(=O)CNCCCOCCOCCOCC)cc2)cc1. The molecule has 0 spiro atoms. The number of anilines is 2. The minimum absolute atomic E-state index is 0.0855. The molecule has 4 N–H and O–H groups in total. The van der Waals surface area contributed by atoms with E-state index in [4.69, 9.17) is 28.4 Å². The van der Waals surface area contributed by atoms with Crippen LogP contribution in [0.3, 0.4) is 0 Å². The van der Waals surface area contributed by atoms with E-state index in [1.807, 2.05) is 13.8 Å². The van der Waals surface area contributed by atoms with Gasteiger partial charge in [-0.25, -0.2) is 8.42 Å². The van der Waals surface area contributed by atoms with Crippen molar-refractivity contribution < 1.29 is 46.4 Å². The van der Waals surface area contributed by atoms with Crippen molar-refractivity contribution in [2.24, 2.45) is 0 Å². The summed E-state index contributed by atoms with van der Waals surface area (Å²) < 4.78 is 58.4. The van der Waals surface area contributed by atoms with E-state index in [1.54, 1.807) is 24.3 Å². The highest BCUT2D eigenvalue weighted by atomic mass is 32.2. The molecule has 0 aliphatic heterocycles. The van der Waals surface area contributed by atoms with E-state index in [1.165, 1.54) is 24.3 Å². The number of carbonyl (C=O) groups excluding carboxylic acids is 2. The molecule has 2 aromatic carbocycles. The van der Waals surface area contributed by atoms with Gasteiger partial charge in [0.2, 0.25) is 21.7 Å². The fraction of sp³-hybridized carbons (Fsp3) is 0.588. The molecule has 0 aromatic heterocycles. The largest absolute Gasteiger partial charge is 0.379 e. The zero-order chi connectivity index (χ0) is 35.4. The second-order valence-electron chi connectivity index (χ2n) is 10.6. The molecule has 2 rings (SSSR count). The van der Waals surface area contributed by atoms with Crippen molar-refractivity contribution in [2.75, 3.05) is 116 Å². The van der Waals surface area contributed by atoms with Gasteiger partial charge in [0.1, 0.15) is 0 Å². The Balaban J connectivity index is 1.60. The van der Waals surface area contributed by atoms with Crippen molar-refractivity contribution in [3.8, 4) is 0 Å². The first-order chi connectivity index (χ1) is 23.9. The van der Waals surface area contributed by atoms with Crippen molar-refractivity contribution in [2.45, 2.75) is 36.5 Å². The van der Waals surface area contributed by atoms with Gasteiger partial charge in [0.05, 0.1) is 75.7 Å². The van der Waals surface area contributed by atoms with Crippen LogP contribution in [0.15, 0.2) is 58.3 Å². The van der Waals surface area contributed by atoms with Gasteiger partial charge in [0.15, 0.2) is 0 Å². The first-order valence-corrected chi connectivity index (χ1v) is 18.3. The fourth-order valence-corrected chi connectivity index (χ4v) is 5.41. The molecule has 0 aliphatic rings. The van der Waals surface area contributed by atoms with E-state index in [9.17, 15) is 18.0 Å². The number of nitrogens with one attached hydrogen (secondary N) is 4. The summed E-state index contributed by atoms with van der Waals surface area (Å²) in [5.41, 5.74) is 0.965. The van der Waals surface area contributed by atoms with E-state index in [-0.39, 0.29) is 34.7 Å². The van der Waals surface area contributed by atoms with Gasteiger partial charge in [-0.15, -0.1) is 0 Å². The molecule has 0 bridgehead atoms. The summed E-state index contributed by atoms with van der Waals surface area (Å²) in [6, 6.07) is 12.0. The van der Waals surface area contributed by atoms with Crippen molar-refractivity contribution in [1.82, 2.24) is 10.6 Å². The number of ether oxygens (including phenoxy) is 6. The monoisotopic (exact) mass is 710 g/mol. The van der Waals surface area contributed by atoms with E-state index in [2.05, 4.69) is 21.3 Å². The minimum Gasteiger partial charge on any atom is -0.379 e. The average Bonchev–Trinajstić information content (AvgIpc) is 3.09. The Morgan fingerprint density at radius 2 is 0.837 bits per heavy atom. The van der Waals surface area contributed by atoms with Crippen molar-refractivity contribution >= 4 is 33.0 Å². The van der Waals surface area contributed by atoms with Gasteiger partial charge in [-0.05, 0) is 88.3 Å². The van der Waals surface area contributed by atoms with Crippen LogP contribution >= 0.6 is 0 Å². The first-order valence-electron chi connectivity index (χ1n) is 16.8. The van der Waals surface area contributed by atoms with Crippen LogP contribution in [0.25, 0.3) is 0 Å². The van der Waals surface area contributed by atoms with E-state index in [0.29, 0.717) is 104 Å². The molecule has 15 heteroatoms. The summed E-state index contributed by atoms with van der Waals surface area (Å²) >= 11 is 0. The molecular weight excluding hydrogens is 656 g/mol. The number of hydrogen-bond donors (Lipinski definition) is 4. The summed E-state index contributed by atoms with van der Waals surface area (Å²) in [4.78, 5) is 24.7. The maximum absolute atomic E-state index is 13.1. The highest BCUT2D eigenvalue weighted by molar-refractivity contribution is 7.91. The Kier molecular flexibility index (Phi) is 23.1. The Bertz CT molecular complexity index is 1170. The Hall–Kier alpha value is -2.99. The van der Waals surface area contributed by atoms with Crippen LogP contribution in [0.1, 0.15) is 26.7 Å². The second-order valence-corrected chi connectivity index (χ2v) is 12.5. The van der Waals surface area contributed by atoms with Crippen molar-refractivity contribution in [1.29, 1.82) is 0 Å². The third-order valence-corrected chi connectivity index (χ3v) is 8.43. The molecule has 49 heavy (non-hydrogen) atoms. The third kappa shape index (κ3) is 19.7. The zero-order valence-corrected chi connectivity index (χ0v) is 29.7. The van der Waals surface area contributed by atoms with E-state index in [0.717, 1.165) is 12.8 Å². The molecule has 0 aliphatic carbocycles. The number of carbonyl (C=O) groups is 2. The summed E-state index contributed by atoms with van der Waals surface area (Å²) in [6.07, 6.45) is 1.49. The van der Waals surface area contributed by atoms with Gasteiger partial charge >= 0.3 is 0 Å². The van der Waals surface area contributed by atoms with E-state index < -0.39 is 9.84 Å². The molecule has 0 radical (unpaired) electrons.